The van der Waals surface area contributed by atoms with Gasteiger partial charge in [0.2, 0.25) is 5.95 Å². The lowest BCUT2D eigenvalue weighted by Gasteiger charge is -2.13. The van der Waals surface area contributed by atoms with Crippen molar-refractivity contribution in [3.8, 4) is 5.69 Å². The molecule has 0 aliphatic rings. The molecule has 2 aromatic rings. The fraction of sp³-hybridized carbons (Fsp3) is 0.400. The first-order valence-corrected chi connectivity index (χ1v) is 6.58. The van der Waals surface area contributed by atoms with E-state index < -0.39 is 0 Å². The molecule has 1 aromatic carbocycles. The Balaban J connectivity index is 2.28. The van der Waals surface area contributed by atoms with E-state index in [4.69, 9.17) is 0 Å². The molecule has 0 saturated heterocycles. The Hall–Kier alpha value is -1.77. The Morgan fingerprint density at radius 3 is 2.89 bits per heavy atom. The Morgan fingerprint density at radius 2 is 2.11 bits per heavy atom. The molecule has 0 aliphatic carbocycles. The highest BCUT2D eigenvalue weighted by Gasteiger charge is 2.07. The average molecular weight is 243 g/mol. The third-order valence-electron chi connectivity index (χ3n) is 3.29. The number of anilines is 1. The molecule has 1 heterocycles. The van der Waals surface area contributed by atoms with Gasteiger partial charge in [-0.3, -0.25) is 4.57 Å². The van der Waals surface area contributed by atoms with Crippen LogP contribution < -0.4 is 5.32 Å². The van der Waals surface area contributed by atoms with Gasteiger partial charge < -0.3 is 5.32 Å². The maximum Gasteiger partial charge on any atom is 0.207 e. The molecule has 18 heavy (non-hydrogen) atoms. The van der Waals surface area contributed by atoms with E-state index in [0.29, 0.717) is 0 Å². The molecule has 0 fully saturated rings. The Morgan fingerprint density at radius 1 is 1.28 bits per heavy atom. The molecule has 0 bridgehead atoms. The number of rotatable bonds is 5. The minimum atomic E-state index is 0.928. The zero-order valence-corrected chi connectivity index (χ0v) is 11.4. The predicted octanol–water partition coefficient (Wildman–Crippen LogP) is 3.70. The van der Waals surface area contributed by atoms with Crippen molar-refractivity contribution < 1.29 is 0 Å². The molecule has 1 N–H and O–H groups in total. The Kier molecular flexibility index (Phi) is 4.03. The second-order valence-electron chi connectivity index (χ2n) is 4.62. The molecule has 0 atom stereocenters. The van der Waals surface area contributed by atoms with Crippen molar-refractivity contribution in [1.82, 2.24) is 9.55 Å². The van der Waals surface area contributed by atoms with Crippen LogP contribution in [0.5, 0.6) is 0 Å². The van der Waals surface area contributed by atoms with Crippen molar-refractivity contribution in [3.05, 3.63) is 41.7 Å². The van der Waals surface area contributed by atoms with E-state index in [1.54, 1.807) is 0 Å². The van der Waals surface area contributed by atoms with Gasteiger partial charge in [-0.25, -0.2) is 4.98 Å². The quantitative estimate of drug-likeness (QED) is 0.811. The van der Waals surface area contributed by atoms with E-state index in [0.717, 1.165) is 12.5 Å². The number of nitrogens with zero attached hydrogens (tertiary/aromatic N) is 2. The molecule has 0 amide bonds. The summed E-state index contributed by atoms with van der Waals surface area (Å²) >= 11 is 0. The van der Waals surface area contributed by atoms with Gasteiger partial charge in [0.25, 0.3) is 0 Å². The van der Waals surface area contributed by atoms with Crippen LogP contribution in [0.25, 0.3) is 5.69 Å². The van der Waals surface area contributed by atoms with E-state index in [-0.39, 0.29) is 0 Å². The van der Waals surface area contributed by atoms with Crippen LogP contribution in [0.4, 0.5) is 5.95 Å². The summed E-state index contributed by atoms with van der Waals surface area (Å²) in [6.45, 7) is 7.46. The average Bonchev–Trinajstić information content (AvgIpc) is 2.81. The van der Waals surface area contributed by atoms with Crippen molar-refractivity contribution in [3.63, 3.8) is 0 Å². The number of imidazole rings is 1. The number of benzene rings is 1. The van der Waals surface area contributed by atoms with Crippen LogP contribution in [0.3, 0.4) is 0 Å². The van der Waals surface area contributed by atoms with Gasteiger partial charge in [0.1, 0.15) is 0 Å². The molecule has 0 unspecified atom stereocenters. The summed E-state index contributed by atoms with van der Waals surface area (Å²) in [5.41, 5.74) is 3.81. The molecule has 0 spiro atoms. The van der Waals surface area contributed by atoms with Crippen LogP contribution in [0.15, 0.2) is 30.6 Å². The van der Waals surface area contributed by atoms with E-state index in [1.165, 1.54) is 29.7 Å². The third-order valence-corrected chi connectivity index (χ3v) is 3.29. The monoisotopic (exact) mass is 243 g/mol. The topological polar surface area (TPSA) is 29.9 Å². The van der Waals surface area contributed by atoms with Gasteiger partial charge in [0, 0.05) is 18.9 Å². The zero-order valence-electron chi connectivity index (χ0n) is 11.4. The van der Waals surface area contributed by atoms with Crippen LogP contribution in [0, 0.1) is 13.8 Å². The van der Waals surface area contributed by atoms with Crippen LogP contribution in [0.2, 0.25) is 0 Å². The molecule has 2 rings (SSSR count). The largest absolute Gasteiger partial charge is 0.355 e. The summed E-state index contributed by atoms with van der Waals surface area (Å²) in [4.78, 5) is 4.39. The van der Waals surface area contributed by atoms with Gasteiger partial charge in [-0.1, -0.05) is 25.5 Å². The minimum absolute atomic E-state index is 0.928. The van der Waals surface area contributed by atoms with E-state index in [1.807, 2.05) is 12.4 Å². The predicted molar refractivity (Wildman–Crippen MR) is 76.4 cm³/mol. The third kappa shape index (κ3) is 2.55. The summed E-state index contributed by atoms with van der Waals surface area (Å²) in [6.07, 6.45) is 6.21. The Bertz CT molecular complexity index is 514. The minimum Gasteiger partial charge on any atom is -0.355 e. The molecular formula is C15H21N3. The normalized spacial score (nSPS) is 10.6. The lowest BCUT2D eigenvalue weighted by Crippen LogP contribution is -2.08. The molecule has 96 valence electrons. The van der Waals surface area contributed by atoms with E-state index >= 15 is 0 Å². The van der Waals surface area contributed by atoms with Gasteiger partial charge in [-0.15, -0.1) is 0 Å². The standard InChI is InChI=1S/C15H21N3/c1-4-5-9-16-15-17-10-11-18(15)14-8-6-7-12(2)13(14)3/h6-8,10-11H,4-5,9H2,1-3H3,(H,16,17). The lowest BCUT2D eigenvalue weighted by atomic mass is 10.1. The zero-order chi connectivity index (χ0) is 13.0. The lowest BCUT2D eigenvalue weighted by molar-refractivity contribution is 0.822. The molecule has 0 radical (unpaired) electrons. The first-order chi connectivity index (χ1) is 8.74. The number of nitrogens with one attached hydrogen (secondary N) is 1. The summed E-state index contributed by atoms with van der Waals surface area (Å²) < 4.78 is 2.12. The fourth-order valence-corrected chi connectivity index (χ4v) is 2.00. The van der Waals surface area contributed by atoms with Gasteiger partial charge in [-0.2, -0.15) is 0 Å². The van der Waals surface area contributed by atoms with Crippen molar-refractivity contribution in [1.29, 1.82) is 0 Å². The van der Waals surface area contributed by atoms with E-state index in [9.17, 15) is 0 Å². The number of unbranched alkanes of at least 4 members (excludes halogenated alkanes) is 1. The van der Waals surface area contributed by atoms with E-state index in [2.05, 4.69) is 53.8 Å². The maximum atomic E-state index is 4.39. The summed E-state index contributed by atoms with van der Waals surface area (Å²) in [6, 6.07) is 6.36. The highest BCUT2D eigenvalue weighted by Crippen LogP contribution is 2.20. The summed E-state index contributed by atoms with van der Waals surface area (Å²) in [5.74, 6) is 0.928. The molecule has 3 heteroatoms. The second-order valence-corrected chi connectivity index (χ2v) is 4.62. The van der Waals surface area contributed by atoms with Crippen LogP contribution in [0.1, 0.15) is 30.9 Å². The first kappa shape index (κ1) is 12.7. The van der Waals surface area contributed by atoms with Gasteiger partial charge in [0.05, 0.1) is 5.69 Å². The van der Waals surface area contributed by atoms with Crippen molar-refractivity contribution in [2.45, 2.75) is 33.6 Å². The van der Waals surface area contributed by atoms with Crippen LogP contribution in [-0.2, 0) is 0 Å². The highest BCUT2D eigenvalue weighted by atomic mass is 15.2. The molecule has 1 aromatic heterocycles. The van der Waals surface area contributed by atoms with Crippen LogP contribution in [-0.4, -0.2) is 16.1 Å². The van der Waals surface area contributed by atoms with Gasteiger partial charge in [-0.05, 0) is 37.5 Å². The molecule has 0 saturated carbocycles. The van der Waals surface area contributed by atoms with Gasteiger partial charge in [0.15, 0.2) is 0 Å². The highest BCUT2D eigenvalue weighted by molar-refractivity contribution is 5.49. The fourth-order valence-electron chi connectivity index (χ4n) is 2.00. The summed E-state index contributed by atoms with van der Waals surface area (Å²) in [5, 5.41) is 3.39. The molecule has 3 nitrogen and oxygen atoms in total. The SMILES string of the molecule is CCCCNc1nccn1-c1cccc(C)c1C. The van der Waals surface area contributed by atoms with Gasteiger partial charge >= 0.3 is 0 Å². The van der Waals surface area contributed by atoms with Crippen molar-refractivity contribution >= 4 is 5.95 Å². The van der Waals surface area contributed by atoms with Crippen molar-refractivity contribution in [2.24, 2.45) is 0 Å². The number of aryl methyl sites for hydroxylation is 1. The summed E-state index contributed by atoms with van der Waals surface area (Å²) in [7, 11) is 0. The van der Waals surface area contributed by atoms with Crippen LogP contribution >= 0.6 is 0 Å². The molecule has 0 aliphatic heterocycles. The maximum absolute atomic E-state index is 4.39. The molecular weight excluding hydrogens is 222 g/mol. The van der Waals surface area contributed by atoms with Crippen molar-refractivity contribution in [2.75, 3.05) is 11.9 Å². The second kappa shape index (κ2) is 5.71. The number of hydrogen-bond donors (Lipinski definition) is 1. The first-order valence-electron chi connectivity index (χ1n) is 6.58. The number of hydrogen-bond acceptors (Lipinski definition) is 2. The Labute approximate surface area is 109 Å². The number of aromatic nitrogens is 2. The smallest absolute Gasteiger partial charge is 0.207 e.